The largest absolute Gasteiger partial charge is 0.346 e. The van der Waals surface area contributed by atoms with Crippen molar-refractivity contribution in [2.45, 2.75) is 58.0 Å². The molecule has 1 aliphatic rings. The summed E-state index contributed by atoms with van der Waals surface area (Å²) in [4.78, 5) is 0. The van der Waals surface area contributed by atoms with Crippen LogP contribution in [0.25, 0.3) is 0 Å². The van der Waals surface area contributed by atoms with E-state index in [9.17, 15) is 0 Å². The summed E-state index contributed by atoms with van der Waals surface area (Å²) in [5.74, 6) is -0.507. The van der Waals surface area contributed by atoms with Crippen LogP contribution < -0.4 is 5.19 Å². The first-order valence-electron chi connectivity index (χ1n) is 7.93. The van der Waals surface area contributed by atoms with Crippen LogP contribution in [0.1, 0.15) is 38.7 Å². The second-order valence-corrected chi connectivity index (χ2v) is 11.1. The third-order valence-electron chi connectivity index (χ3n) is 4.37. The van der Waals surface area contributed by atoms with Gasteiger partial charge in [0.25, 0.3) is 0 Å². The van der Waals surface area contributed by atoms with E-state index in [1.807, 2.05) is 0 Å². The molecule has 0 spiro atoms. The van der Waals surface area contributed by atoms with Crippen molar-refractivity contribution in [1.82, 2.24) is 0 Å². The SMILES string of the molecule is CCC[Si](C)(C)c1ccccc1C1(CC)OCCCO1. The zero-order valence-electron chi connectivity index (χ0n) is 13.4. The Morgan fingerprint density at radius 2 is 1.75 bits per heavy atom. The van der Waals surface area contributed by atoms with Crippen molar-refractivity contribution in [2.75, 3.05) is 13.2 Å². The molecule has 1 aliphatic heterocycles. The standard InChI is InChI=1S/C17H28O2Si/c1-5-14-20(3,4)16-11-8-7-10-15(16)17(6-2)18-12-9-13-19-17/h7-8,10-11H,5-6,9,12-14H2,1-4H3. The van der Waals surface area contributed by atoms with Gasteiger partial charge in [0.1, 0.15) is 0 Å². The topological polar surface area (TPSA) is 18.5 Å². The van der Waals surface area contributed by atoms with E-state index in [2.05, 4.69) is 51.2 Å². The minimum Gasteiger partial charge on any atom is -0.346 e. The molecule has 3 heteroatoms. The molecule has 20 heavy (non-hydrogen) atoms. The van der Waals surface area contributed by atoms with Gasteiger partial charge in [0, 0.05) is 12.0 Å². The van der Waals surface area contributed by atoms with Crippen molar-refractivity contribution in [1.29, 1.82) is 0 Å². The van der Waals surface area contributed by atoms with E-state index in [1.165, 1.54) is 23.2 Å². The van der Waals surface area contributed by atoms with Gasteiger partial charge in [0.15, 0.2) is 5.79 Å². The van der Waals surface area contributed by atoms with Crippen molar-refractivity contribution in [3.8, 4) is 0 Å². The maximum absolute atomic E-state index is 6.11. The van der Waals surface area contributed by atoms with Gasteiger partial charge in [0.2, 0.25) is 0 Å². The quantitative estimate of drug-likeness (QED) is 0.763. The summed E-state index contributed by atoms with van der Waals surface area (Å²) < 4.78 is 12.2. The molecule has 1 aromatic carbocycles. The van der Waals surface area contributed by atoms with Gasteiger partial charge >= 0.3 is 0 Å². The van der Waals surface area contributed by atoms with Crippen molar-refractivity contribution in [2.24, 2.45) is 0 Å². The molecular weight excluding hydrogens is 264 g/mol. The predicted molar refractivity (Wildman–Crippen MR) is 87.1 cm³/mol. The molecule has 0 aliphatic carbocycles. The minimum atomic E-state index is -1.43. The van der Waals surface area contributed by atoms with Gasteiger partial charge in [-0.1, -0.05) is 68.9 Å². The van der Waals surface area contributed by atoms with Gasteiger partial charge < -0.3 is 9.47 Å². The molecular formula is C17H28O2Si. The van der Waals surface area contributed by atoms with Crippen LogP contribution in [0, 0.1) is 0 Å². The molecule has 0 unspecified atom stereocenters. The molecule has 1 aromatic rings. The van der Waals surface area contributed by atoms with Gasteiger partial charge in [0.05, 0.1) is 21.3 Å². The number of hydrogen-bond acceptors (Lipinski definition) is 2. The van der Waals surface area contributed by atoms with Gasteiger partial charge in [-0.2, -0.15) is 0 Å². The maximum atomic E-state index is 6.11. The fraction of sp³-hybridized carbons (Fsp3) is 0.647. The number of benzene rings is 1. The summed E-state index contributed by atoms with van der Waals surface area (Å²) in [5.41, 5.74) is 1.28. The zero-order valence-corrected chi connectivity index (χ0v) is 14.4. The summed E-state index contributed by atoms with van der Waals surface area (Å²) in [6, 6.07) is 10.1. The van der Waals surface area contributed by atoms with E-state index < -0.39 is 13.9 Å². The average Bonchev–Trinajstić information content (AvgIpc) is 2.48. The molecule has 2 rings (SSSR count). The summed E-state index contributed by atoms with van der Waals surface area (Å²) in [5, 5.41) is 1.51. The maximum Gasteiger partial charge on any atom is 0.194 e. The second-order valence-electron chi connectivity index (χ2n) is 6.34. The Morgan fingerprint density at radius 3 is 2.35 bits per heavy atom. The summed E-state index contributed by atoms with van der Waals surface area (Å²) >= 11 is 0. The fourth-order valence-electron chi connectivity index (χ4n) is 3.29. The van der Waals surface area contributed by atoms with E-state index in [-0.39, 0.29) is 0 Å². The molecule has 0 bridgehead atoms. The van der Waals surface area contributed by atoms with Gasteiger partial charge in [-0.15, -0.1) is 0 Å². The van der Waals surface area contributed by atoms with Crippen LogP contribution in [0.15, 0.2) is 24.3 Å². The second kappa shape index (κ2) is 6.42. The van der Waals surface area contributed by atoms with Gasteiger partial charge in [-0.25, -0.2) is 0 Å². The molecule has 112 valence electrons. The van der Waals surface area contributed by atoms with Crippen LogP contribution in [0.4, 0.5) is 0 Å². The van der Waals surface area contributed by atoms with Gasteiger partial charge in [-0.3, -0.25) is 0 Å². The van der Waals surface area contributed by atoms with Crippen LogP contribution >= 0.6 is 0 Å². The number of rotatable bonds is 5. The molecule has 0 N–H and O–H groups in total. The molecule has 0 radical (unpaired) electrons. The van der Waals surface area contributed by atoms with E-state index in [0.29, 0.717) is 0 Å². The first kappa shape index (κ1) is 15.7. The van der Waals surface area contributed by atoms with Crippen molar-refractivity contribution < 1.29 is 9.47 Å². The molecule has 0 amide bonds. The van der Waals surface area contributed by atoms with Crippen molar-refractivity contribution in [3.05, 3.63) is 29.8 Å². The predicted octanol–water partition coefficient (Wildman–Crippen LogP) is 4.01. The van der Waals surface area contributed by atoms with E-state index in [0.717, 1.165) is 26.1 Å². The monoisotopic (exact) mass is 292 g/mol. The van der Waals surface area contributed by atoms with E-state index >= 15 is 0 Å². The normalized spacial score (nSPS) is 19.0. The third-order valence-corrected chi connectivity index (χ3v) is 8.01. The first-order valence-corrected chi connectivity index (χ1v) is 11.1. The molecule has 1 fully saturated rings. The fourth-order valence-corrected chi connectivity index (χ4v) is 6.36. The van der Waals surface area contributed by atoms with Crippen LogP contribution in [0.5, 0.6) is 0 Å². The summed E-state index contributed by atoms with van der Waals surface area (Å²) in [7, 11) is -1.43. The molecule has 0 aromatic heterocycles. The Morgan fingerprint density at radius 1 is 1.10 bits per heavy atom. The Balaban J connectivity index is 2.45. The molecule has 0 atom stereocenters. The third kappa shape index (κ3) is 3.00. The Kier molecular flexibility index (Phi) is 5.05. The molecule has 0 saturated carbocycles. The van der Waals surface area contributed by atoms with Crippen LogP contribution in [-0.4, -0.2) is 21.3 Å². The molecule has 2 nitrogen and oxygen atoms in total. The Labute approximate surface area is 124 Å². The lowest BCUT2D eigenvalue weighted by atomic mass is 10.0. The summed E-state index contributed by atoms with van der Waals surface area (Å²) in [6.07, 6.45) is 3.12. The highest BCUT2D eigenvalue weighted by atomic mass is 28.3. The number of hydrogen-bond donors (Lipinski definition) is 0. The number of ether oxygens (including phenoxy) is 2. The lowest BCUT2D eigenvalue weighted by molar-refractivity contribution is -0.277. The van der Waals surface area contributed by atoms with Gasteiger partial charge in [-0.05, 0) is 6.42 Å². The lowest BCUT2D eigenvalue weighted by Gasteiger charge is -2.40. The summed E-state index contributed by atoms with van der Waals surface area (Å²) in [6.45, 7) is 11.0. The zero-order chi connectivity index (χ0) is 14.6. The van der Waals surface area contributed by atoms with E-state index in [1.54, 1.807) is 0 Å². The van der Waals surface area contributed by atoms with Crippen molar-refractivity contribution in [3.63, 3.8) is 0 Å². The van der Waals surface area contributed by atoms with Crippen LogP contribution in [-0.2, 0) is 15.3 Å². The highest BCUT2D eigenvalue weighted by molar-refractivity contribution is 6.90. The lowest BCUT2D eigenvalue weighted by Crippen LogP contribution is -2.49. The van der Waals surface area contributed by atoms with Crippen LogP contribution in [0.3, 0.4) is 0 Å². The smallest absolute Gasteiger partial charge is 0.194 e. The average molecular weight is 292 g/mol. The molecule has 1 heterocycles. The minimum absolute atomic E-state index is 0.507. The Bertz CT molecular complexity index is 436. The van der Waals surface area contributed by atoms with E-state index in [4.69, 9.17) is 9.47 Å². The highest BCUT2D eigenvalue weighted by Crippen LogP contribution is 2.34. The van der Waals surface area contributed by atoms with Crippen molar-refractivity contribution >= 4 is 13.3 Å². The van der Waals surface area contributed by atoms with Crippen LogP contribution in [0.2, 0.25) is 19.1 Å². The highest BCUT2D eigenvalue weighted by Gasteiger charge is 2.39. The Hall–Kier alpha value is -0.643. The first-order chi connectivity index (χ1) is 9.56. The molecule has 1 saturated heterocycles.